The number of amides is 2. The Labute approximate surface area is 172 Å². The Morgan fingerprint density at radius 3 is 2.59 bits per heavy atom. The Morgan fingerprint density at radius 2 is 1.90 bits per heavy atom. The van der Waals surface area contributed by atoms with Gasteiger partial charge in [0.1, 0.15) is 5.69 Å². The van der Waals surface area contributed by atoms with E-state index in [-0.39, 0.29) is 11.8 Å². The van der Waals surface area contributed by atoms with Crippen LogP contribution in [-0.2, 0) is 19.4 Å². The third-order valence-electron chi connectivity index (χ3n) is 5.22. The van der Waals surface area contributed by atoms with Gasteiger partial charge in [-0.05, 0) is 70.4 Å². The maximum atomic E-state index is 12.9. The van der Waals surface area contributed by atoms with Crippen LogP contribution in [0.4, 0.5) is 5.69 Å². The second-order valence-corrected chi connectivity index (χ2v) is 7.76. The zero-order valence-electron chi connectivity index (χ0n) is 17.6. The minimum atomic E-state index is -0.274. The number of rotatable bonds is 8. The second-order valence-electron chi connectivity index (χ2n) is 7.76. The van der Waals surface area contributed by atoms with Gasteiger partial charge in [-0.3, -0.25) is 9.59 Å². The number of hydrogen-bond donors (Lipinski definition) is 2. The molecule has 1 aromatic heterocycles. The van der Waals surface area contributed by atoms with Crippen LogP contribution in [0.3, 0.4) is 0 Å². The number of nitrogens with zero attached hydrogens (tertiary/aromatic N) is 3. The van der Waals surface area contributed by atoms with E-state index < -0.39 is 0 Å². The van der Waals surface area contributed by atoms with Crippen molar-refractivity contribution in [3.8, 4) is 0 Å². The summed E-state index contributed by atoms with van der Waals surface area (Å²) in [6.07, 6.45) is 4.59. The number of nitrogens with one attached hydrogen (secondary N) is 2. The number of imidazole rings is 1. The molecular weight excluding hydrogens is 366 g/mol. The molecule has 3 rings (SSSR count). The third-order valence-corrected chi connectivity index (χ3v) is 5.22. The van der Waals surface area contributed by atoms with Crippen molar-refractivity contribution in [3.05, 3.63) is 47.0 Å². The topological polar surface area (TPSA) is 79.3 Å². The van der Waals surface area contributed by atoms with Gasteiger partial charge in [-0.1, -0.05) is 19.1 Å². The molecule has 1 aliphatic rings. The van der Waals surface area contributed by atoms with Crippen LogP contribution < -0.4 is 10.6 Å². The van der Waals surface area contributed by atoms with E-state index in [1.54, 1.807) is 0 Å². The lowest BCUT2D eigenvalue weighted by molar-refractivity contribution is 0.0946. The van der Waals surface area contributed by atoms with E-state index >= 15 is 0 Å². The monoisotopic (exact) mass is 397 g/mol. The molecule has 2 amide bonds. The second kappa shape index (κ2) is 9.69. The number of carbonyl (C=O) groups excluding carboxylic acids is 2. The largest absolute Gasteiger partial charge is 0.351 e. The Bertz CT molecular complexity index is 855. The average Bonchev–Trinajstić information content (AvgIpc) is 3.11. The van der Waals surface area contributed by atoms with Gasteiger partial charge >= 0.3 is 0 Å². The molecule has 0 saturated carbocycles. The number of hydrogen-bond acceptors (Lipinski definition) is 4. The normalized spacial score (nSPS) is 13.2. The first-order chi connectivity index (χ1) is 14.0. The number of carbonyl (C=O) groups is 2. The molecule has 7 nitrogen and oxygen atoms in total. The van der Waals surface area contributed by atoms with E-state index in [0.717, 1.165) is 50.0 Å². The smallest absolute Gasteiger partial charge is 0.291 e. The summed E-state index contributed by atoms with van der Waals surface area (Å²) in [5.74, 6) is -0.150. The van der Waals surface area contributed by atoms with Crippen molar-refractivity contribution < 1.29 is 9.59 Å². The summed E-state index contributed by atoms with van der Waals surface area (Å²) < 4.78 is 1.91. The molecule has 2 aromatic rings. The number of aromatic nitrogens is 2. The first-order valence-electron chi connectivity index (χ1n) is 10.4. The molecule has 0 spiro atoms. The van der Waals surface area contributed by atoms with Gasteiger partial charge in [0.25, 0.3) is 11.8 Å². The highest BCUT2D eigenvalue weighted by atomic mass is 16.2. The number of aryl methyl sites for hydroxylation is 1. The molecule has 2 N–H and O–H groups in total. The lowest BCUT2D eigenvalue weighted by atomic mass is 10.1. The maximum Gasteiger partial charge on any atom is 0.291 e. The fraction of sp³-hybridized carbons (Fsp3) is 0.500. The van der Waals surface area contributed by atoms with Gasteiger partial charge < -0.3 is 20.1 Å². The molecule has 0 bridgehead atoms. The molecule has 0 fully saturated rings. The summed E-state index contributed by atoms with van der Waals surface area (Å²) >= 11 is 0. The van der Waals surface area contributed by atoms with Crippen molar-refractivity contribution in [2.24, 2.45) is 0 Å². The molecule has 2 heterocycles. The van der Waals surface area contributed by atoms with E-state index in [4.69, 9.17) is 0 Å². The fourth-order valence-corrected chi connectivity index (χ4v) is 3.59. The van der Waals surface area contributed by atoms with Crippen LogP contribution in [0.15, 0.2) is 24.3 Å². The first kappa shape index (κ1) is 21.0. The Kier molecular flexibility index (Phi) is 7.04. The van der Waals surface area contributed by atoms with Crippen molar-refractivity contribution in [1.82, 2.24) is 19.8 Å². The van der Waals surface area contributed by atoms with Gasteiger partial charge in [0.05, 0.1) is 5.69 Å². The first-order valence-corrected chi connectivity index (χ1v) is 10.4. The number of fused-ring (bicyclic) bond motifs is 1. The Morgan fingerprint density at radius 1 is 1.14 bits per heavy atom. The summed E-state index contributed by atoms with van der Waals surface area (Å²) in [6.45, 7) is 4.31. The van der Waals surface area contributed by atoms with Crippen LogP contribution >= 0.6 is 0 Å². The highest BCUT2D eigenvalue weighted by Crippen LogP contribution is 2.22. The van der Waals surface area contributed by atoms with E-state index in [0.29, 0.717) is 24.6 Å². The highest BCUT2D eigenvalue weighted by molar-refractivity contribution is 6.03. The van der Waals surface area contributed by atoms with Crippen molar-refractivity contribution >= 4 is 17.5 Å². The van der Waals surface area contributed by atoms with Crippen LogP contribution in [0.1, 0.15) is 58.6 Å². The summed E-state index contributed by atoms with van der Waals surface area (Å²) in [7, 11) is 4.02. The van der Waals surface area contributed by atoms with E-state index in [1.165, 1.54) is 5.56 Å². The van der Waals surface area contributed by atoms with Crippen molar-refractivity contribution in [3.63, 3.8) is 0 Å². The van der Waals surface area contributed by atoms with Gasteiger partial charge in [-0.2, -0.15) is 0 Å². The summed E-state index contributed by atoms with van der Waals surface area (Å²) in [6, 6.07) is 7.80. The Hall–Kier alpha value is -2.67. The molecule has 7 heteroatoms. The third kappa shape index (κ3) is 5.23. The average molecular weight is 398 g/mol. The Balaban J connectivity index is 1.74. The van der Waals surface area contributed by atoms with Gasteiger partial charge in [0.2, 0.25) is 0 Å². The van der Waals surface area contributed by atoms with Crippen LogP contribution in [0, 0.1) is 0 Å². The molecule has 0 unspecified atom stereocenters. The van der Waals surface area contributed by atoms with Gasteiger partial charge in [0.15, 0.2) is 5.82 Å². The van der Waals surface area contributed by atoms with Gasteiger partial charge in [-0.15, -0.1) is 0 Å². The molecule has 1 aromatic carbocycles. The molecule has 1 aliphatic heterocycles. The minimum absolute atomic E-state index is 0.194. The van der Waals surface area contributed by atoms with Crippen LogP contribution in [0.25, 0.3) is 0 Å². The molecule has 0 saturated heterocycles. The quantitative estimate of drug-likeness (QED) is 0.672. The lowest BCUT2D eigenvalue weighted by Gasteiger charge is -2.17. The SMILES string of the molecule is CCc1ccc(NC(=O)c2nc(C(=O)NCCCN(C)C)c3n2CCCC3)cc1. The van der Waals surface area contributed by atoms with Crippen molar-refractivity contribution in [2.75, 3.05) is 32.5 Å². The van der Waals surface area contributed by atoms with E-state index in [9.17, 15) is 9.59 Å². The van der Waals surface area contributed by atoms with Crippen LogP contribution in [-0.4, -0.2) is 53.5 Å². The predicted octanol–water partition coefficient (Wildman–Crippen LogP) is 2.72. The number of benzene rings is 1. The van der Waals surface area contributed by atoms with Crippen LogP contribution in [0.2, 0.25) is 0 Å². The summed E-state index contributed by atoms with van der Waals surface area (Å²) in [5.41, 5.74) is 3.21. The van der Waals surface area contributed by atoms with Crippen molar-refractivity contribution in [2.45, 2.75) is 45.6 Å². The summed E-state index contributed by atoms with van der Waals surface area (Å²) in [5, 5.41) is 5.86. The summed E-state index contributed by atoms with van der Waals surface area (Å²) in [4.78, 5) is 32.1. The molecule has 0 atom stereocenters. The van der Waals surface area contributed by atoms with Crippen molar-refractivity contribution in [1.29, 1.82) is 0 Å². The van der Waals surface area contributed by atoms with E-state index in [1.807, 2.05) is 42.9 Å². The predicted molar refractivity (Wildman–Crippen MR) is 114 cm³/mol. The molecule has 0 radical (unpaired) electrons. The lowest BCUT2D eigenvalue weighted by Crippen LogP contribution is -2.28. The zero-order valence-corrected chi connectivity index (χ0v) is 17.6. The minimum Gasteiger partial charge on any atom is -0.351 e. The molecule has 29 heavy (non-hydrogen) atoms. The van der Waals surface area contributed by atoms with Gasteiger partial charge in [-0.25, -0.2) is 4.98 Å². The van der Waals surface area contributed by atoms with E-state index in [2.05, 4.69) is 27.4 Å². The maximum absolute atomic E-state index is 12.9. The van der Waals surface area contributed by atoms with Crippen LogP contribution in [0.5, 0.6) is 0 Å². The molecule has 0 aliphatic carbocycles. The zero-order chi connectivity index (χ0) is 20.8. The van der Waals surface area contributed by atoms with Gasteiger partial charge in [0, 0.05) is 18.8 Å². The molecular formula is C22H31N5O2. The molecule has 156 valence electrons. The standard InChI is InChI=1S/C22H31N5O2/c1-4-16-9-11-17(12-10-16)24-22(29)20-25-19(18-8-5-6-15-27(18)20)21(28)23-13-7-14-26(2)3/h9-12H,4-8,13-15H2,1-3H3,(H,23,28)(H,24,29). The highest BCUT2D eigenvalue weighted by Gasteiger charge is 2.27. The fourth-order valence-electron chi connectivity index (χ4n) is 3.59. The number of anilines is 1.